The van der Waals surface area contributed by atoms with Crippen LogP contribution in [0.2, 0.25) is 0 Å². The number of rotatable bonds is 4. The second-order valence-corrected chi connectivity index (χ2v) is 14.0. The highest BCUT2D eigenvalue weighted by Gasteiger charge is 2.20. The van der Waals surface area contributed by atoms with Crippen molar-refractivity contribution in [2.45, 2.75) is 0 Å². The van der Waals surface area contributed by atoms with Gasteiger partial charge in [0.05, 0.1) is 28.1 Å². The molecule has 0 saturated heterocycles. The second-order valence-electron chi connectivity index (χ2n) is 14.0. The average molecular weight is 687 g/mol. The molecule has 0 radical (unpaired) electrons. The second kappa shape index (κ2) is 11.8. The van der Waals surface area contributed by atoms with Gasteiger partial charge in [-0.15, -0.1) is 0 Å². The molecule has 2 heterocycles. The fourth-order valence-corrected chi connectivity index (χ4v) is 8.69. The van der Waals surface area contributed by atoms with E-state index in [1.165, 1.54) is 38.2 Å². The van der Waals surface area contributed by atoms with E-state index < -0.39 is 0 Å². The number of aromatic nitrogens is 1. The molecular formula is C51H30N2O. The summed E-state index contributed by atoms with van der Waals surface area (Å²) in [4.78, 5) is 0. The predicted octanol–water partition coefficient (Wildman–Crippen LogP) is 13.9. The Hall–Kier alpha value is -7.41. The molecule has 0 saturated carbocycles. The van der Waals surface area contributed by atoms with Crippen LogP contribution in [0.3, 0.4) is 0 Å². The Bertz CT molecular complexity index is 3280. The third-order valence-corrected chi connectivity index (χ3v) is 11.0. The topological polar surface area (TPSA) is 41.9 Å². The van der Waals surface area contributed by atoms with Gasteiger partial charge in [-0.25, -0.2) is 0 Å². The zero-order valence-electron chi connectivity index (χ0n) is 29.1. The van der Waals surface area contributed by atoms with Crippen LogP contribution in [-0.4, -0.2) is 4.57 Å². The van der Waals surface area contributed by atoms with E-state index >= 15 is 0 Å². The van der Waals surface area contributed by atoms with E-state index in [0.29, 0.717) is 5.56 Å². The highest BCUT2D eigenvalue weighted by molar-refractivity contribution is 6.24. The molecule has 0 aliphatic rings. The van der Waals surface area contributed by atoms with Crippen molar-refractivity contribution in [3.8, 4) is 45.1 Å². The minimum absolute atomic E-state index is 0.603. The van der Waals surface area contributed by atoms with E-state index in [1.54, 1.807) is 0 Å². The molecule has 11 rings (SSSR count). The van der Waals surface area contributed by atoms with E-state index in [2.05, 4.69) is 168 Å². The number of fused-ring (bicyclic) bond motifs is 9. The van der Waals surface area contributed by atoms with Gasteiger partial charge in [-0.3, -0.25) is 0 Å². The Morgan fingerprint density at radius 1 is 0.407 bits per heavy atom. The highest BCUT2D eigenvalue weighted by atomic mass is 16.3. The zero-order chi connectivity index (χ0) is 35.8. The number of nitriles is 1. The van der Waals surface area contributed by atoms with E-state index in [-0.39, 0.29) is 0 Å². The monoisotopic (exact) mass is 686 g/mol. The van der Waals surface area contributed by atoms with Crippen LogP contribution in [0.4, 0.5) is 0 Å². The maximum Gasteiger partial charge on any atom is 0.145 e. The smallest absolute Gasteiger partial charge is 0.145 e. The van der Waals surface area contributed by atoms with Crippen molar-refractivity contribution in [3.05, 3.63) is 188 Å². The molecule has 0 amide bonds. The molecule has 250 valence electrons. The molecule has 3 heteroatoms. The number of benzene rings is 9. The van der Waals surface area contributed by atoms with Gasteiger partial charge in [-0.05, 0) is 103 Å². The van der Waals surface area contributed by atoms with Gasteiger partial charge in [0, 0.05) is 21.8 Å². The number of hydrogen-bond acceptors (Lipinski definition) is 2. The Kier molecular flexibility index (Phi) is 6.62. The van der Waals surface area contributed by atoms with Crippen molar-refractivity contribution >= 4 is 65.3 Å². The Morgan fingerprint density at radius 3 is 1.72 bits per heavy atom. The van der Waals surface area contributed by atoms with Crippen LogP contribution in [0.5, 0.6) is 0 Å². The van der Waals surface area contributed by atoms with Gasteiger partial charge in [0.2, 0.25) is 0 Å². The van der Waals surface area contributed by atoms with E-state index in [0.717, 1.165) is 66.1 Å². The standard InChI is InChI=1S/C51H30N2O/c52-31-32-27-36(30-37(28-32)53-45-23-10-8-22-44(45)50-46(53)26-25-43-38-17-9-11-24-47(38)54-51(43)50)34-15-12-16-35(29-34)49-41-20-6-4-18-39(41)48(33-13-2-1-3-14-33)40-19-5-7-21-42(40)49/h1-30H. The summed E-state index contributed by atoms with van der Waals surface area (Å²) < 4.78 is 8.82. The minimum atomic E-state index is 0.603. The number of para-hydroxylation sites is 2. The van der Waals surface area contributed by atoms with Crippen molar-refractivity contribution in [1.82, 2.24) is 4.57 Å². The third-order valence-electron chi connectivity index (χ3n) is 11.0. The molecule has 3 nitrogen and oxygen atoms in total. The van der Waals surface area contributed by atoms with E-state index in [1.807, 2.05) is 24.3 Å². The maximum absolute atomic E-state index is 10.4. The molecule has 0 fully saturated rings. The van der Waals surface area contributed by atoms with Gasteiger partial charge in [-0.1, -0.05) is 133 Å². The quantitative estimate of drug-likeness (QED) is 0.173. The van der Waals surface area contributed by atoms with E-state index in [4.69, 9.17) is 4.42 Å². The predicted molar refractivity (Wildman–Crippen MR) is 224 cm³/mol. The lowest BCUT2D eigenvalue weighted by atomic mass is 9.85. The molecule has 0 aliphatic carbocycles. The lowest BCUT2D eigenvalue weighted by molar-refractivity contribution is 0.673. The summed E-state index contributed by atoms with van der Waals surface area (Å²) in [5, 5.41) is 19.6. The van der Waals surface area contributed by atoms with Crippen LogP contribution in [0.25, 0.3) is 104 Å². The van der Waals surface area contributed by atoms with Crippen LogP contribution in [0.15, 0.2) is 186 Å². The van der Waals surface area contributed by atoms with Gasteiger partial charge >= 0.3 is 0 Å². The molecular weight excluding hydrogens is 657 g/mol. The van der Waals surface area contributed by atoms with Gasteiger partial charge in [0.1, 0.15) is 11.2 Å². The summed E-state index contributed by atoms with van der Waals surface area (Å²) in [6, 6.07) is 66.7. The fourth-order valence-electron chi connectivity index (χ4n) is 8.69. The fraction of sp³-hybridized carbons (Fsp3) is 0. The van der Waals surface area contributed by atoms with Gasteiger partial charge in [-0.2, -0.15) is 5.26 Å². The van der Waals surface area contributed by atoms with Gasteiger partial charge in [0.15, 0.2) is 0 Å². The summed E-state index contributed by atoms with van der Waals surface area (Å²) in [7, 11) is 0. The van der Waals surface area contributed by atoms with Crippen LogP contribution < -0.4 is 0 Å². The number of furan rings is 1. The molecule has 0 unspecified atom stereocenters. The van der Waals surface area contributed by atoms with Crippen molar-refractivity contribution < 1.29 is 4.42 Å². The molecule has 0 N–H and O–H groups in total. The van der Waals surface area contributed by atoms with Crippen LogP contribution >= 0.6 is 0 Å². The average Bonchev–Trinajstić information content (AvgIpc) is 3.79. The van der Waals surface area contributed by atoms with Crippen LogP contribution in [0.1, 0.15) is 5.56 Å². The first kappa shape index (κ1) is 30.2. The molecule has 0 bridgehead atoms. The van der Waals surface area contributed by atoms with Gasteiger partial charge < -0.3 is 8.98 Å². The molecule has 0 aliphatic heterocycles. The van der Waals surface area contributed by atoms with Crippen molar-refractivity contribution in [3.63, 3.8) is 0 Å². The minimum Gasteiger partial charge on any atom is -0.455 e. The van der Waals surface area contributed by atoms with Crippen LogP contribution in [0, 0.1) is 11.3 Å². The van der Waals surface area contributed by atoms with E-state index in [9.17, 15) is 5.26 Å². The SMILES string of the molecule is N#Cc1cc(-c2cccc(-c3c4ccccc4c(-c4ccccc4)c4ccccc34)c2)cc(-n2c3ccccc3c3c4oc5ccccc5c4ccc32)c1. The Morgan fingerprint density at radius 2 is 1.00 bits per heavy atom. The molecule has 9 aromatic carbocycles. The number of nitrogens with zero attached hydrogens (tertiary/aromatic N) is 2. The highest BCUT2D eigenvalue weighted by Crippen LogP contribution is 2.45. The third kappa shape index (κ3) is 4.48. The first-order chi connectivity index (χ1) is 26.7. The molecule has 0 atom stereocenters. The lowest BCUT2D eigenvalue weighted by Crippen LogP contribution is -1.96. The maximum atomic E-state index is 10.4. The van der Waals surface area contributed by atoms with Crippen molar-refractivity contribution in [1.29, 1.82) is 5.26 Å². The Balaban J connectivity index is 1.13. The van der Waals surface area contributed by atoms with Crippen LogP contribution in [-0.2, 0) is 0 Å². The van der Waals surface area contributed by atoms with Crippen molar-refractivity contribution in [2.75, 3.05) is 0 Å². The van der Waals surface area contributed by atoms with Crippen molar-refractivity contribution in [2.24, 2.45) is 0 Å². The molecule has 2 aromatic heterocycles. The number of hydrogen-bond donors (Lipinski definition) is 0. The molecule has 11 aromatic rings. The lowest BCUT2D eigenvalue weighted by Gasteiger charge is -2.18. The summed E-state index contributed by atoms with van der Waals surface area (Å²) in [6.07, 6.45) is 0. The summed E-state index contributed by atoms with van der Waals surface area (Å²) >= 11 is 0. The normalized spacial score (nSPS) is 11.7. The zero-order valence-corrected chi connectivity index (χ0v) is 29.1. The summed E-state index contributed by atoms with van der Waals surface area (Å²) in [6.45, 7) is 0. The summed E-state index contributed by atoms with van der Waals surface area (Å²) in [5.41, 5.74) is 12.2. The molecule has 0 spiro atoms. The molecule has 54 heavy (non-hydrogen) atoms. The first-order valence-corrected chi connectivity index (χ1v) is 18.2. The summed E-state index contributed by atoms with van der Waals surface area (Å²) in [5.74, 6) is 0. The van der Waals surface area contributed by atoms with Gasteiger partial charge in [0.25, 0.3) is 0 Å². The first-order valence-electron chi connectivity index (χ1n) is 18.2. The largest absolute Gasteiger partial charge is 0.455 e. The Labute approximate surface area is 311 Å².